The highest BCUT2D eigenvalue weighted by Gasteiger charge is 2.32. The van der Waals surface area contributed by atoms with Crippen LogP contribution in [-0.2, 0) is 11.0 Å². The topological polar surface area (TPSA) is 66.4 Å². The van der Waals surface area contributed by atoms with Crippen LogP contribution in [0.25, 0.3) is 0 Å². The summed E-state index contributed by atoms with van der Waals surface area (Å²) in [5.74, 6) is -4.23. The number of benzene rings is 1. The average molecular weight is 307 g/mol. The molecule has 1 unspecified atom stereocenters. The van der Waals surface area contributed by atoms with Crippen molar-refractivity contribution in [3.05, 3.63) is 35.1 Å². The number of carboxylic acid groups (broad SMARTS) is 1. The fourth-order valence-corrected chi connectivity index (χ4v) is 1.59. The molecule has 0 saturated heterocycles. The van der Waals surface area contributed by atoms with E-state index in [4.69, 9.17) is 5.11 Å². The van der Waals surface area contributed by atoms with Crippen molar-refractivity contribution in [2.45, 2.75) is 19.5 Å². The number of hydrogen-bond donors (Lipinski definition) is 2. The maximum absolute atomic E-state index is 13.4. The minimum atomic E-state index is -4.70. The van der Waals surface area contributed by atoms with E-state index in [0.29, 0.717) is 18.2 Å². The first-order valence-corrected chi connectivity index (χ1v) is 6.04. The molecule has 2 N–H and O–H groups in total. The number of halogens is 4. The molecule has 116 valence electrons. The molecule has 0 aliphatic rings. The number of rotatable bonds is 5. The maximum Gasteiger partial charge on any atom is 0.416 e. The minimum Gasteiger partial charge on any atom is -0.481 e. The third-order valence-electron chi connectivity index (χ3n) is 2.89. The molecule has 0 saturated carbocycles. The molecule has 0 fully saturated rings. The number of alkyl halides is 3. The number of carbonyl (C=O) groups is 2. The lowest BCUT2D eigenvalue weighted by molar-refractivity contribution is -0.141. The van der Waals surface area contributed by atoms with Crippen LogP contribution in [0.2, 0.25) is 0 Å². The summed E-state index contributed by atoms with van der Waals surface area (Å²) in [4.78, 5) is 22.4. The number of hydrogen-bond acceptors (Lipinski definition) is 2. The second-order valence-electron chi connectivity index (χ2n) is 4.35. The van der Waals surface area contributed by atoms with Crippen LogP contribution >= 0.6 is 0 Å². The Kier molecular flexibility index (Phi) is 5.28. The Morgan fingerprint density at radius 1 is 1.33 bits per heavy atom. The average Bonchev–Trinajstić information content (AvgIpc) is 2.37. The van der Waals surface area contributed by atoms with Crippen molar-refractivity contribution in [1.82, 2.24) is 5.32 Å². The van der Waals surface area contributed by atoms with E-state index in [1.54, 1.807) is 6.92 Å². The van der Waals surface area contributed by atoms with Gasteiger partial charge >= 0.3 is 12.1 Å². The predicted molar refractivity (Wildman–Crippen MR) is 65.2 cm³/mol. The van der Waals surface area contributed by atoms with Gasteiger partial charge in [-0.1, -0.05) is 6.92 Å². The van der Waals surface area contributed by atoms with E-state index in [2.05, 4.69) is 5.32 Å². The van der Waals surface area contributed by atoms with Crippen molar-refractivity contribution in [2.24, 2.45) is 5.92 Å². The summed E-state index contributed by atoms with van der Waals surface area (Å²) < 4.78 is 50.9. The molecule has 0 aromatic heterocycles. The summed E-state index contributed by atoms with van der Waals surface area (Å²) in [6, 6.07) is 1.47. The van der Waals surface area contributed by atoms with Crippen molar-refractivity contribution in [2.75, 3.05) is 6.54 Å². The summed E-state index contributed by atoms with van der Waals surface area (Å²) in [6.07, 6.45) is -4.48. The molecule has 0 bridgehead atoms. The zero-order valence-electron chi connectivity index (χ0n) is 11.0. The van der Waals surface area contributed by atoms with Crippen LogP contribution in [0.1, 0.15) is 29.3 Å². The van der Waals surface area contributed by atoms with Gasteiger partial charge in [0.15, 0.2) is 0 Å². The highest BCUT2D eigenvalue weighted by molar-refractivity contribution is 5.94. The zero-order chi connectivity index (χ0) is 16.2. The van der Waals surface area contributed by atoms with Gasteiger partial charge in [-0.3, -0.25) is 9.59 Å². The van der Waals surface area contributed by atoms with Crippen LogP contribution in [0.3, 0.4) is 0 Å². The highest BCUT2D eigenvalue weighted by atomic mass is 19.4. The van der Waals surface area contributed by atoms with E-state index in [-0.39, 0.29) is 13.0 Å². The fourth-order valence-electron chi connectivity index (χ4n) is 1.59. The van der Waals surface area contributed by atoms with E-state index in [9.17, 15) is 27.2 Å². The van der Waals surface area contributed by atoms with Crippen LogP contribution in [0.4, 0.5) is 17.6 Å². The summed E-state index contributed by atoms with van der Waals surface area (Å²) in [7, 11) is 0. The molecular weight excluding hydrogens is 294 g/mol. The third kappa shape index (κ3) is 4.44. The number of aliphatic carboxylic acids is 1. The van der Waals surface area contributed by atoms with Gasteiger partial charge in [-0.15, -0.1) is 0 Å². The van der Waals surface area contributed by atoms with Crippen molar-refractivity contribution in [3.63, 3.8) is 0 Å². The molecule has 4 nitrogen and oxygen atoms in total. The smallest absolute Gasteiger partial charge is 0.416 e. The monoisotopic (exact) mass is 307 g/mol. The van der Waals surface area contributed by atoms with E-state index in [1.165, 1.54) is 0 Å². The lowest BCUT2D eigenvalue weighted by Gasteiger charge is -2.13. The molecule has 0 aliphatic heterocycles. The van der Waals surface area contributed by atoms with Crippen LogP contribution in [0, 0.1) is 11.7 Å². The lowest BCUT2D eigenvalue weighted by atomic mass is 10.1. The summed E-state index contributed by atoms with van der Waals surface area (Å²) in [6.45, 7) is 1.29. The molecule has 8 heteroatoms. The van der Waals surface area contributed by atoms with E-state index >= 15 is 0 Å². The Hall–Kier alpha value is -2.12. The Labute approximate surface area is 117 Å². The van der Waals surface area contributed by atoms with Crippen LogP contribution in [0.15, 0.2) is 18.2 Å². The zero-order valence-corrected chi connectivity index (χ0v) is 11.0. The molecule has 0 aliphatic carbocycles. The van der Waals surface area contributed by atoms with Crippen molar-refractivity contribution in [1.29, 1.82) is 0 Å². The molecule has 0 heterocycles. The number of amides is 1. The second kappa shape index (κ2) is 6.55. The van der Waals surface area contributed by atoms with Crippen molar-refractivity contribution < 1.29 is 32.3 Å². The van der Waals surface area contributed by atoms with Crippen molar-refractivity contribution in [3.8, 4) is 0 Å². The van der Waals surface area contributed by atoms with Gasteiger partial charge in [-0.05, 0) is 24.6 Å². The van der Waals surface area contributed by atoms with Gasteiger partial charge in [-0.2, -0.15) is 13.2 Å². The summed E-state index contributed by atoms with van der Waals surface area (Å²) in [5.41, 5.74) is -1.93. The first kappa shape index (κ1) is 16.9. The van der Waals surface area contributed by atoms with Gasteiger partial charge in [0.05, 0.1) is 17.0 Å². The first-order chi connectivity index (χ1) is 9.66. The van der Waals surface area contributed by atoms with Crippen LogP contribution in [-0.4, -0.2) is 23.5 Å². The third-order valence-corrected chi connectivity index (χ3v) is 2.89. The molecule has 21 heavy (non-hydrogen) atoms. The normalized spacial score (nSPS) is 12.8. The van der Waals surface area contributed by atoms with Crippen LogP contribution in [0.5, 0.6) is 0 Å². The molecule has 0 radical (unpaired) electrons. The number of carbonyl (C=O) groups excluding carboxylic acids is 1. The lowest BCUT2D eigenvalue weighted by Crippen LogP contribution is -2.33. The Balaban J connectivity index is 2.90. The van der Waals surface area contributed by atoms with Gasteiger partial charge in [0, 0.05) is 6.54 Å². The van der Waals surface area contributed by atoms with Gasteiger partial charge < -0.3 is 10.4 Å². The number of carboxylic acids is 1. The second-order valence-corrected chi connectivity index (χ2v) is 4.35. The van der Waals surface area contributed by atoms with Gasteiger partial charge in [0.1, 0.15) is 5.82 Å². The minimum absolute atomic E-state index is 0.223. The SMILES string of the molecule is CCC(CNC(=O)c1cc(C(F)(F)F)ccc1F)C(=O)O. The molecular formula is C13H13F4NO3. The molecule has 1 aromatic rings. The summed E-state index contributed by atoms with van der Waals surface area (Å²) in [5, 5.41) is 10.9. The standard InChI is InChI=1S/C13H13F4NO3/c1-2-7(12(20)21)6-18-11(19)9-5-8(13(15,16)17)3-4-10(9)14/h3-5,7H,2,6H2,1H3,(H,18,19)(H,20,21). The van der Waals surface area contributed by atoms with Gasteiger partial charge in [0.25, 0.3) is 5.91 Å². The Morgan fingerprint density at radius 3 is 2.43 bits per heavy atom. The quantitative estimate of drug-likeness (QED) is 0.822. The van der Waals surface area contributed by atoms with E-state index in [0.717, 1.165) is 0 Å². The van der Waals surface area contributed by atoms with E-state index in [1.807, 2.05) is 0 Å². The predicted octanol–water partition coefficient (Wildman–Crippen LogP) is 2.69. The largest absolute Gasteiger partial charge is 0.481 e. The molecule has 1 amide bonds. The Morgan fingerprint density at radius 2 is 1.95 bits per heavy atom. The fraction of sp³-hybridized carbons (Fsp3) is 0.385. The van der Waals surface area contributed by atoms with E-state index < -0.39 is 40.9 Å². The molecule has 0 spiro atoms. The Bertz CT molecular complexity index is 543. The van der Waals surface area contributed by atoms with Gasteiger partial charge in [0.2, 0.25) is 0 Å². The summed E-state index contributed by atoms with van der Waals surface area (Å²) >= 11 is 0. The highest BCUT2D eigenvalue weighted by Crippen LogP contribution is 2.30. The van der Waals surface area contributed by atoms with Crippen LogP contribution < -0.4 is 5.32 Å². The molecule has 1 rings (SSSR count). The first-order valence-electron chi connectivity index (χ1n) is 6.04. The maximum atomic E-state index is 13.4. The van der Waals surface area contributed by atoms with Gasteiger partial charge in [-0.25, -0.2) is 4.39 Å². The number of nitrogens with one attached hydrogen (secondary N) is 1. The van der Waals surface area contributed by atoms with Crippen molar-refractivity contribution >= 4 is 11.9 Å². The molecule has 1 aromatic carbocycles. The molecule has 1 atom stereocenters.